The van der Waals surface area contributed by atoms with Crippen LogP contribution in [0, 0.1) is 6.92 Å². The number of amides is 1. The zero-order chi connectivity index (χ0) is 21.1. The highest BCUT2D eigenvalue weighted by Crippen LogP contribution is 2.33. The van der Waals surface area contributed by atoms with Crippen LogP contribution in [0.4, 0.5) is 0 Å². The minimum absolute atomic E-state index is 0.288. The van der Waals surface area contributed by atoms with Crippen LogP contribution in [-0.4, -0.2) is 40.2 Å². The number of hydrogen-bond donors (Lipinski definition) is 3. The topological polar surface area (TPSA) is 118 Å². The van der Waals surface area contributed by atoms with Gasteiger partial charge in [-0.3, -0.25) is 14.8 Å². The molecule has 3 heterocycles. The summed E-state index contributed by atoms with van der Waals surface area (Å²) in [5.74, 6) is 0.488. The molecule has 0 unspecified atom stereocenters. The lowest BCUT2D eigenvalue weighted by atomic mass is 9.96. The minimum atomic E-state index is -0.288. The Morgan fingerprint density at radius 2 is 2.00 bits per heavy atom. The lowest BCUT2D eigenvalue weighted by molar-refractivity contribution is -0.116. The SMILES string of the molecule is COc1ccc(-c2c(/C=C3/C(=O)NN=C3c3cnccn3)[nH]c(C)c2CCN)cc1. The molecule has 4 rings (SSSR count). The number of aryl methyl sites for hydroxylation is 1. The quantitative estimate of drug-likeness (QED) is 0.546. The second-order valence-electron chi connectivity index (χ2n) is 6.83. The summed E-state index contributed by atoms with van der Waals surface area (Å²) >= 11 is 0. The lowest BCUT2D eigenvalue weighted by Gasteiger charge is -2.08. The van der Waals surface area contributed by atoms with E-state index in [9.17, 15) is 4.79 Å². The van der Waals surface area contributed by atoms with E-state index in [4.69, 9.17) is 10.5 Å². The highest BCUT2D eigenvalue weighted by molar-refractivity contribution is 6.32. The molecule has 0 saturated heterocycles. The standard InChI is InChI=1S/C22H22N6O2/c1-13-16(7-8-23)20(14-3-5-15(30-2)6-4-14)18(26-13)11-17-21(27-28-22(17)29)19-12-24-9-10-25-19/h3-6,9-12,26H,7-8,23H2,1-2H3,(H,28,29)/b17-11+. The van der Waals surface area contributed by atoms with Crippen LogP contribution in [0.3, 0.4) is 0 Å². The van der Waals surface area contributed by atoms with Crippen LogP contribution in [0.15, 0.2) is 53.5 Å². The molecule has 1 aliphatic rings. The Hall–Kier alpha value is -3.78. The number of hydrogen-bond acceptors (Lipinski definition) is 6. The van der Waals surface area contributed by atoms with Crippen molar-refractivity contribution in [3.63, 3.8) is 0 Å². The number of nitrogens with one attached hydrogen (secondary N) is 2. The smallest absolute Gasteiger partial charge is 0.273 e. The Morgan fingerprint density at radius 3 is 2.67 bits per heavy atom. The van der Waals surface area contributed by atoms with Gasteiger partial charge in [-0.05, 0) is 49.2 Å². The summed E-state index contributed by atoms with van der Waals surface area (Å²) in [5, 5.41) is 4.15. The summed E-state index contributed by atoms with van der Waals surface area (Å²) in [5.41, 5.74) is 14.7. The van der Waals surface area contributed by atoms with E-state index in [1.165, 1.54) is 0 Å². The highest BCUT2D eigenvalue weighted by Gasteiger charge is 2.26. The van der Waals surface area contributed by atoms with Crippen LogP contribution in [-0.2, 0) is 11.2 Å². The van der Waals surface area contributed by atoms with E-state index in [1.54, 1.807) is 25.7 Å². The molecule has 1 aromatic carbocycles. The maximum Gasteiger partial charge on any atom is 0.273 e. The number of carbonyl (C=O) groups excluding carboxylic acids is 1. The Kier molecular flexibility index (Phi) is 5.40. The first-order valence-corrected chi connectivity index (χ1v) is 9.54. The number of ether oxygens (including phenoxy) is 1. The van der Waals surface area contributed by atoms with Gasteiger partial charge in [0, 0.05) is 29.3 Å². The Morgan fingerprint density at radius 1 is 1.20 bits per heavy atom. The first-order chi connectivity index (χ1) is 14.6. The maximum atomic E-state index is 12.5. The number of methoxy groups -OCH3 is 1. The molecule has 0 radical (unpaired) electrons. The monoisotopic (exact) mass is 402 g/mol. The molecule has 3 aromatic rings. The number of nitrogens with zero attached hydrogens (tertiary/aromatic N) is 3. The number of H-pyrrole nitrogens is 1. The predicted octanol–water partition coefficient (Wildman–Crippen LogP) is 2.21. The molecule has 152 valence electrons. The third kappa shape index (κ3) is 3.60. The van der Waals surface area contributed by atoms with Gasteiger partial charge in [0.15, 0.2) is 0 Å². The molecule has 0 saturated carbocycles. The lowest BCUT2D eigenvalue weighted by Crippen LogP contribution is -2.14. The van der Waals surface area contributed by atoms with Crippen molar-refractivity contribution in [1.82, 2.24) is 20.4 Å². The molecule has 0 atom stereocenters. The molecule has 4 N–H and O–H groups in total. The average Bonchev–Trinajstić information content (AvgIpc) is 3.29. The number of nitrogens with two attached hydrogens (primary N) is 1. The third-order valence-corrected chi connectivity index (χ3v) is 4.98. The molecular formula is C22H22N6O2. The molecule has 30 heavy (non-hydrogen) atoms. The molecule has 1 amide bonds. The van der Waals surface area contributed by atoms with Crippen LogP contribution in [0.25, 0.3) is 17.2 Å². The van der Waals surface area contributed by atoms with Crippen molar-refractivity contribution >= 4 is 17.7 Å². The number of carbonyl (C=O) groups is 1. The fourth-order valence-electron chi connectivity index (χ4n) is 3.57. The molecule has 0 bridgehead atoms. The number of aromatic amines is 1. The van der Waals surface area contributed by atoms with E-state index in [1.807, 2.05) is 37.3 Å². The average molecular weight is 402 g/mol. The summed E-state index contributed by atoms with van der Waals surface area (Å²) in [6.07, 6.45) is 7.25. The minimum Gasteiger partial charge on any atom is -0.497 e. The molecule has 8 nitrogen and oxygen atoms in total. The predicted molar refractivity (Wildman–Crippen MR) is 115 cm³/mol. The number of benzene rings is 1. The van der Waals surface area contributed by atoms with Gasteiger partial charge in [-0.2, -0.15) is 5.10 Å². The molecule has 8 heteroatoms. The van der Waals surface area contributed by atoms with Crippen molar-refractivity contribution in [1.29, 1.82) is 0 Å². The fourth-order valence-corrected chi connectivity index (χ4v) is 3.57. The molecule has 0 fully saturated rings. The summed E-state index contributed by atoms with van der Waals surface area (Å²) < 4.78 is 5.28. The number of aromatic nitrogens is 3. The van der Waals surface area contributed by atoms with Crippen molar-refractivity contribution < 1.29 is 9.53 Å². The van der Waals surface area contributed by atoms with E-state index in [0.717, 1.165) is 33.8 Å². The summed E-state index contributed by atoms with van der Waals surface area (Å²) in [4.78, 5) is 24.3. The second kappa shape index (κ2) is 8.30. The first kappa shape index (κ1) is 19.5. The largest absolute Gasteiger partial charge is 0.497 e. The van der Waals surface area contributed by atoms with Gasteiger partial charge < -0.3 is 15.5 Å². The summed E-state index contributed by atoms with van der Waals surface area (Å²) in [7, 11) is 1.64. The van der Waals surface area contributed by atoms with Crippen molar-refractivity contribution in [3.8, 4) is 16.9 Å². The van der Waals surface area contributed by atoms with Gasteiger partial charge in [0.25, 0.3) is 5.91 Å². The summed E-state index contributed by atoms with van der Waals surface area (Å²) in [6, 6.07) is 7.82. The van der Waals surface area contributed by atoms with Gasteiger partial charge in [-0.25, -0.2) is 5.43 Å². The Labute approximate surface area is 173 Å². The molecule has 0 spiro atoms. The van der Waals surface area contributed by atoms with Crippen molar-refractivity contribution in [2.45, 2.75) is 13.3 Å². The van der Waals surface area contributed by atoms with Gasteiger partial charge in [0.1, 0.15) is 17.2 Å². The van der Waals surface area contributed by atoms with E-state index in [-0.39, 0.29) is 5.91 Å². The fraction of sp³-hybridized carbons (Fsp3) is 0.182. The Bertz CT molecular complexity index is 1130. The molecule has 2 aromatic heterocycles. The van der Waals surface area contributed by atoms with Crippen LogP contribution >= 0.6 is 0 Å². The van der Waals surface area contributed by atoms with Gasteiger partial charge in [0.05, 0.1) is 18.9 Å². The maximum absolute atomic E-state index is 12.5. The van der Waals surface area contributed by atoms with Crippen molar-refractivity contribution in [3.05, 3.63) is 71.1 Å². The molecule has 0 aliphatic carbocycles. The highest BCUT2D eigenvalue weighted by atomic mass is 16.5. The second-order valence-corrected chi connectivity index (χ2v) is 6.83. The molecule has 1 aliphatic heterocycles. The van der Waals surface area contributed by atoms with Gasteiger partial charge in [-0.1, -0.05) is 12.1 Å². The van der Waals surface area contributed by atoms with E-state index in [0.29, 0.717) is 29.9 Å². The first-order valence-electron chi connectivity index (χ1n) is 9.54. The number of rotatable bonds is 6. The van der Waals surface area contributed by atoms with E-state index < -0.39 is 0 Å². The zero-order valence-corrected chi connectivity index (χ0v) is 16.8. The third-order valence-electron chi connectivity index (χ3n) is 4.98. The Balaban J connectivity index is 1.85. The van der Waals surface area contributed by atoms with Crippen molar-refractivity contribution in [2.75, 3.05) is 13.7 Å². The number of hydrazone groups is 1. The molecular weight excluding hydrogens is 380 g/mol. The zero-order valence-electron chi connectivity index (χ0n) is 16.8. The van der Waals surface area contributed by atoms with Crippen LogP contribution in [0.2, 0.25) is 0 Å². The van der Waals surface area contributed by atoms with Crippen LogP contribution in [0.5, 0.6) is 5.75 Å². The van der Waals surface area contributed by atoms with E-state index >= 15 is 0 Å². The van der Waals surface area contributed by atoms with Gasteiger partial charge >= 0.3 is 0 Å². The van der Waals surface area contributed by atoms with Gasteiger partial charge in [-0.15, -0.1) is 0 Å². The van der Waals surface area contributed by atoms with Crippen LogP contribution in [0.1, 0.15) is 22.6 Å². The van der Waals surface area contributed by atoms with Crippen molar-refractivity contribution in [2.24, 2.45) is 10.8 Å². The van der Waals surface area contributed by atoms with Gasteiger partial charge in [0.2, 0.25) is 0 Å². The van der Waals surface area contributed by atoms with Crippen LogP contribution < -0.4 is 15.9 Å². The van der Waals surface area contributed by atoms with E-state index in [2.05, 4.69) is 25.5 Å². The normalized spacial score (nSPS) is 14.7. The summed E-state index contributed by atoms with van der Waals surface area (Å²) in [6.45, 7) is 2.52.